The highest BCUT2D eigenvalue weighted by Crippen LogP contribution is 2.32. The lowest BCUT2D eigenvalue weighted by atomic mass is 10.0. The van der Waals surface area contributed by atoms with E-state index in [2.05, 4.69) is 16.9 Å². The van der Waals surface area contributed by atoms with Crippen LogP contribution in [0, 0.1) is 32.5 Å². The zero-order chi connectivity index (χ0) is 23.1. The number of hydrogen-bond donors (Lipinski definition) is 1. The summed E-state index contributed by atoms with van der Waals surface area (Å²) in [6.07, 6.45) is 4.83. The third-order valence-electron chi connectivity index (χ3n) is 6.55. The van der Waals surface area contributed by atoms with Gasteiger partial charge in [0, 0.05) is 42.7 Å². The molecular weight excluding hydrogens is 417 g/mol. The Morgan fingerprint density at radius 2 is 1.97 bits per heavy atom. The lowest BCUT2D eigenvalue weighted by molar-refractivity contribution is 0.0744. The Kier molecular flexibility index (Phi) is 5.52. The smallest absolute Gasteiger partial charge is 0.276 e. The normalized spacial score (nSPS) is 13.6. The van der Waals surface area contributed by atoms with Crippen molar-refractivity contribution < 1.29 is 13.6 Å². The first-order valence-electron chi connectivity index (χ1n) is 11.5. The van der Waals surface area contributed by atoms with E-state index in [1.807, 2.05) is 36.2 Å². The summed E-state index contributed by atoms with van der Waals surface area (Å²) in [5.41, 5.74) is 5.45. The van der Waals surface area contributed by atoms with E-state index in [-0.39, 0.29) is 11.7 Å². The topological polar surface area (TPSA) is 62.1 Å². The summed E-state index contributed by atoms with van der Waals surface area (Å²) in [5.74, 6) is 1.16. The number of benzene rings is 2. The average molecular weight is 446 g/mol. The standard InChI is InChI=1S/C27H28FN3O2/c1-16-4-7-20(12-17(16)2)26-25(30-18(3)33-26)27(32)31(15-19-5-6-19)11-10-21-14-29-24-9-8-22(28)13-23(21)24/h4,7-9,12-14,19,29H,5-6,10-11,15H2,1-3H3. The quantitative estimate of drug-likeness (QED) is 0.380. The number of fused-ring (bicyclic) bond motifs is 1. The van der Waals surface area contributed by atoms with E-state index in [1.165, 1.54) is 11.6 Å². The number of nitrogens with one attached hydrogen (secondary N) is 1. The van der Waals surface area contributed by atoms with E-state index in [1.54, 1.807) is 19.1 Å². The van der Waals surface area contributed by atoms with Gasteiger partial charge < -0.3 is 14.3 Å². The molecule has 0 saturated heterocycles. The maximum atomic E-state index is 13.8. The number of oxazole rings is 1. The maximum absolute atomic E-state index is 13.8. The van der Waals surface area contributed by atoms with Gasteiger partial charge in [0.05, 0.1) is 0 Å². The first kappa shape index (κ1) is 21.4. The molecule has 1 amide bonds. The summed E-state index contributed by atoms with van der Waals surface area (Å²) in [6, 6.07) is 10.8. The van der Waals surface area contributed by atoms with Crippen molar-refractivity contribution in [1.29, 1.82) is 0 Å². The van der Waals surface area contributed by atoms with Crippen LogP contribution < -0.4 is 0 Å². The van der Waals surface area contributed by atoms with Gasteiger partial charge in [0.25, 0.3) is 5.91 Å². The van der Waals surface area contributed by atoms with Crippen LogP contribution in [0.15, 0.2) is 47.0 Å². The molecule has 4 aromatic rings. The van der Waals surface area contributed by atoms with Gasteiger partial charge in [-0.25, -0.2) is 9.37 Å². The van der Waals surface area contributed by atoms with Crippen molar-refractivity contribution in [3.8, 4) is 11.3 Å². The van der Waals surface area contributed by atoms with Gasteiger partial charge in [0.15, 0.2) is 17.3 Å². The first-order valence-corrected chi connectivity index (χ1v) is 11.5. The Labute approximate surface area is 192 Å². The molecule has 5 nitrogen and oxygen atoms in total. The van der Waals surface area contributed by atoms with Crippen LogP contribution in [-0.4, -0.2) is 33.9 Å². The van der Waals surface area contributed by atoms with Crippen molar-refractivity contribution in [2.75, 3.05) is 13.1 Å². The van der Waals surface area contributed by atoms with Gasteiger partial charge in [-0.05, 0) is 80.0 Å². The molecule has 0 bridgehead atoms. The molecule has 1 aliphatic carbocycles. The predicted molar refractivity (Wildman–Crippen MR) is 127 cm³/mol. The molecular formula is C27H28FN3O2. The number of nitrogens with zero attached hydrogens (tertiary/aromatic N) is 2. The number of aromatic amines is 1. The minimum absolute atomic E-state index is 0.113. The Balaban J connectivity index is 1.43. The van der Waals surface area contributed by atoms with Gasteiger partial charge in [0.1, 0.15) is 5.82 Å². The van der Waals surface area contributed by atoms with Crippen molar-refractivity contribution in [1.82, 2.24) is 14.9 Å². The molecule has 2 aromatic carbocycles. The van der Waals surface area contributed by atoms with Gasteiger partial charge >= 0.3 is 0 Å². The summed E-state index contributed by atoms with van der Waals surface area (Å²) in [4.78, 5) is 23.2. The molecule has 1 fully saturated rings. The monoisotopic (exact) mass is 445 g/mol. The highest BCUT2D eigenvalue weighted by molar-refractivity contribution is 5.98. The fraction of sp³-hybridized carbons (Fsp3) is 0.333. The lowest BCUT2D eigenvalue weighted by Crippen LogP contribution is -2.35. The number of carbonyl (C=O) groups excluding carboxylic acids is 1. The highest BCUT2D eigenvalue weighted by atomic mass is 19.1. The predicted octanol–water partition coefficient (Wildman–Crippen LogP) is 5.98. The molecule has 5 rings (SSSR count). The Morgan fingerprint density at radius 1 is 1.15 bits per heavy atom. The minimum Gasteiger partial charge on any atom is -0.440 e. The summed E-state index contributed by atoms with van der Waals surface area (Å²) < 4.78 is 19.7. The Bertz CT molecular complexity index is 1330. The lowest BCUT2D eigenvalue weighted by Gasteiger charge is -2.22. The van der Waals surface area contributed by atoms with E-state index in [9.17, 15) is 9.18 Å². The highest BCUT2D eigenvalue weighted by Gasteiger charge is 2.30. The van der Waals surface area contributed by atoms with Crippen molar-refractivity contribution in [3.05, 3.63) is 76.7 Å². The van der Waals surface area contributed by atoms with Gasteiger partial charge in [0.2, 0.25) is 0 Å². The third kappa shape index (κ3) is 4.42. The zero-order valence-corrected chi connectivity index (χ0v) is 19.2. The molecule has 0 spiro atoms. The Morgan fingerprint density at radius 3 is 2.73 bits per heavy atom. The number of carbonyl (C=O) groups is 1. The molecule has 0 atom stereocenters. The molecule has 2 aromatic heterocycles. The fourth-order valence-electron chi connectivity index (χ4n) is 4.30. The molecule has 0 unspecified atom stereocenters. The number of aromatic nitrogens is 2. The second kappa shape index (κ2) is 8.50. The summed E-state index contributed by atoms with van der Waals surface area (Å²) in [7, 11) is 0. The van der Waals surface area contributed by atoms with Crippen molar-refractivity contribution in [2.45, 2.75) is 40.0 Å². The Hall–Kier alpha value is -3.41. The number of rotatable bonds is 7. The number of H-pyrrole nitrogens is 1. The van der Waals surface area contributed by atoms with Crippen LogP contribution in [0.3, 0.4) is 0 Å². The van der Waals surface area contributed by atoms with Crippen molar-refractivity contribution in [2.24, 2.45) is 5.92 Å². The molecule has 1 N–H and O–H groups in total. The van der Waals surface area contributed by atoms with Gasteiger partial charge in [-0.3, -0.25) is 4.79 Å². The SMILES string of the molecule is Cc1nc(C(=O)N(CCc2c[nH]c3ccc(F)cc23)CC2CC2)c(-c2ccc(C)c(C)c2)o1. The zero-order valence-electron chi connectivity index (χ0n) is 19.2. The average Bonchev–Trinajstić information content (AvgIpc) is 3.40. The van der Waals surface area contributed by atoms with Crippen LogP contribution in [0.2, 0.25) is 0 Å². The number of hydrogen-bond acceptors (Lipinski definition) is 3. The maximum Gasteiger partial charge on any atom is 0.276 e. The first-order chi connectivity index (χ1) is 15.9. The van der Waals surface area contributed by atoms with Crippen LogP contribution in [0.1, 0.15) is 45.9 Å². The number of halogens is 1. The second-order valence-electron chi connectivity index (χ2n) is 9.16. The largest absolute Gasteiger partial charge is 0.440 e. The van der Waals surface area contributed by atoms with E-state index in [0.717, 1.165) is 40.4 Å². The third-order valence-corrected chi connectivity index (χ3v) is 6.55. The van der Waals surface area contributed by atoms with Crippen LogP contribution in [0.25, 0.3) is 22.2 Å². The molecule has 170 valence electrons. The van der Waals surface area contributed by atoms with E-state index >= 15 is 0 Å². The van der Waals surface area contributed by atoms with Gasteiger partial charge in [-0.2, -0.15) is 0 Å². The van der Waals surface area contributed by atoms with Gasteiger partial charge in [-0.1, -0.05) is 12.1 Å². The van der Waals surface area contributed by atoms with E-state index in [0.29, 0.717) is 42.8 Å². The summed E-state index contributed by atoms with van der Waals surface area (Å²) in [6.45, 7) is 7.12. The number of amides is 1. The summed E-state index contributed by atoms with van der Waals surface area (Å²) in [5, 5.41) is 0.863. The molecule has 0 radical (unpaired) electrons. The van der Waals surface area contributed by atoms with Gasteiger partial charge in [-0.15, -0.1) is 0 Å². The summed E-state index contributed by atoms with van der Waals surface area (Å²) >= 11 is 0. The molecule has 0 aliphatic heterocycles. The van der Waals surface area contributed by atoms with Crippen LogP contribution in [0.5, 0.6) is 0 Å². The fourth-order valence-corrected chi connectivity index (χ4v) is 4.30. The van der Waals surface area contributed by atoms with E-state index < -0.39 is 0 Å². The molecule has 2 heterocycles. The van der Waals surface area contributed by atoms with Crippen LogP contribution >= 0.6 is 0 Å². The molecule has 6 heteroatoms. The minimum atomic E-state index is -0.259. The van der Waals surface area contributed by atoms with Crippen LogP contribution in [-0.2, 0) is 6.42 Å². The molecule has 33 heavy (non-hydrogen) atoms. The second-order valence-corrected chi connectivity index (χ2v) is 9.16. The van der Waals surface area contributed by atoms with Crippen molar-refractivity contribution in [3.63, 3.8) is 0 Å². The van der Waals surface area contributed by atoms with Crippen molar-refractivity contribution >= 4 is 16.8 Å². The van der Waals surface area contributed by atoms with Crippen LogP contribution in [0.4, 0.5) is 4.39 Å². The van der Waals surface area contributed by atoms with E-state index in [4.69, 9.17) is 4.42 Å². The molecule has 1 aliphatic rings. The molecule has 1 saturated carbocycles. The number of aryl methyl sites for hydroxylation is 3.